The van der Waals surface area contributed by atoms with E-state index in [0.29, 0.717) is 11.3 Å². The summed E-state index contributed by atoms with van der Waals surface area (Å²) in [6.07, 6.45) is 0. The van der Waals surface area contributed by atoms with Crippen molar-refractivity contribution in [2.24, 2.45) is 0 Å². The maximum atomic E-state index is 13.2. The fourth-order valence-electron chi connectivity index (χ4n) is 3.61. The Hall–Kier alpha value is -4.03. The number of aromatic nitrogens is 2. The summed E-state index contributed by atoms with van der Waals surface area (Å²) in [5.41, 5.74) is 4.11. The van der Waals surface area contributed by atoms with Gasteiger partial charge >= 0.3 is 5.97 Å². The van der Waals surface area contributed by atoms with Gasteiger partial charge in [-0.25, -0.2) is 9.78 Å². The van der Waals surface area contributed by atoms with Gasteiger partial charge in [-0.1, -0.05) is 78.9 Å². The number of carbonyl (C=O) groups excluding carboxylic acids is 2. The number of esters is 1. The third-order valence-corrected chi connectivity index (χ3v) is 6.01. The van der Waals surface area contributed by atoms with Gasteiger partial charge in [-0.3, -0.25) is 4.79 Å². The van der Waals surface area contributed by atoms with E-state index in [0.717, 1.165) is 27.0 Å². The number of carbonyl (C=O) groups is 2. The van der Waals surface area contributed by atoms with Crippen LogP contribution in [0.5, 0.6) is 0 Å². The van der Waals surface area contributed by atoms with Crippen molar-refractivity contribution in [1.82, 2.24) is 9.97 Å². The molecule has 0 aliphatic rings. The number of rotatable bonds is 6. The molecule has 2 heterocycles. The first-order chi connectivity index (χ1) is 15.7. The zero-order valence-corrected chi connectivity index (χ0v) is 17.8. The first-order valence-corrected chi connectivity index (χ1v) is 11.0. The minimum atomic E-state index is -0.613. The Morgan fingerprint density at radius 3 is 2.25 bits per heavy atom. The number of thiazole rings is 1. The van der Waals surface area contributed by atoms with Crippen molar-refractivity contribution in [3.05, 3.63) is 102 Å². The van der Waals surface area contributed by atoms with Gasteiger partial charge in [0.2, 0.25) is 5.78 Å². The van der Waals surface area contributed by atoms with E-state index >= 15 is 0 Å². The minimum Gasteiger partial charge on any atom is -0.453 e. The highest BCUT2D eigenvalue weighted by Crippen LogP contribution is 2.31. The average Bonchev–Trinajstić information content (AvgIpc) is 3.49. The molecule has 0 spiro atoms. The minimum absolute atomic E-state index is 0.198. The van der Waals surface area contributed by atoms with Crippen molar-refractivity contribution >= 4 is 34.0 Å². The molecule has 0 atom stereocenters. The van der Waals surface area contributed by atoms with Gasteiger partial charge in [0.25, 0.3) is 0 Å². The Balaban J connectivity index is 1.38. The molecule has 2 aromatic heterocycles. The van der Waals surface area contributed by atoms with Gasteiger partial charge in [-0.05, 0) is 11.6 Å². The molecule has 5 nitrogen and oxygen atoms in total. The van der Waals surface area contributed by atoms with E-state index in [9.17, 15) is 9.59 Å². The Kier molecular flexibility index (Phi) is 5.35. The first-order valence-electron chi connectivity index (χ1n) is 10.1. The van der Waals surface area contributed by atoms with Crippen molar-refractivity contribution < 1.29 is 14.3 Å². The molecule has 0 unspecified atom stereocenters. The summed E-state index contributed by atoms with van der Waals surface area (Å²) >= 11 is 1.36. The molecule has 0 radical (unpaired) electrons. The number of fused-ring (bicyclic) bond motifs is 1. The summed E-state index contributed by atoms with van der Waals surface area (Å²) in [5, 5.41) is 3.18. The zero-order valence-electron chi connectivity index (χ0n) is 16.9. The molecule has 0 aliphatic carbocycles. The van der Waals surface area contributed by atoms with E-state index in [1.54, 1.807) is 5.38 Å². The number of nitrogens with one attached hydrogen (secondary N) is 1. The molecule has 6 heteroatoms. The van der Waals surface area contributed by atoms with Crippen LogP contribution in [0.25, 0.3) is 32.7 Å². The van der Waals surface area contributed by atoms with Crippen molar-refractivity contribution in [1.29, 1.82) is 0 Å². The smallest absolute Gasteiger partial charge is 0.358 e. The van der Waals surface area contributed by atoms with Gasteiger partial charge in [-0.2, -0.15) is 0 Å². The number of aromatic amines is 1. The van der Waals surface area contributed by atoms with Crippen molar-refractivity contribution in [2.75, 3.05) is 6.61 Å². The lowest BCUT2D eigenvalue weighted by molar-refractivity contribution is 0.0470. The van der Waals surface area contributed by atoms with Crippen LogP contribution in [-0.2, 0) is 4.74 Å². The summed E-state index contributed by atoms with van der Waals surface area (Å²) in [4.78, 5) is 33.4. The number of nitrogens with zero attached hydrogens (tertiary/aromatic N) is 1. The quantitative estimate of drug-likeness (QED) is 0.261. The lowest BCUT2D eigenvalue weighted by Crippen LogP contribution is -2.15. The lowest BCUT2D eigenvalue weighted by Gasteiger charge is -2.06. The summed E-state index contributed by atoms with van der Waals surface area (Å²) in [6.45, 7) is -0.362. The maximum absolute atomic E-state index is 13.2. The number of ketones is 1. The van der Waals surface area contributed by atoms with Gasteiger partial charge in [0, 0.05) is 21.8 Å². The molecule has 5 rings (SSSR count). The Morgan fingerprint density at radius 2 is 1.50 bits per heavy atom. The SMILES string of the molecule is O=C(OCC(=O)c1c(-c2ccccc2)[nH]c2ccccc12)c1csc(-c2ccccc2)n1. The standard InChI is InChI=1S/C26H18N2O3S/c29-22(15-31-26(30)21-16-32-25(28-21)18-11-5-2-6-12-18)23-19-13-7-8-14-20(19)27-24(23)17-9-3-1-4-10-17/h1-14,16,27H,15H2. The fraction of sp³-hybridized carbons (Fsp3) is 0.0385. The monoisotopic (exact) mass is 438 g/mol. The second kappa shape index (κ2) is 8.61. The highest BCUT2D eigenvalue weighted by molar-refractivity contribution is 7.13. The molecule has 0 saturated carbocycles. The Morgan fingerprint density at radius 1 is 0.844 bits per heavy atom. The van der Waals surface area contributed by atoms with Crippen LogP contribution in [0.1, 0.15) is 20.8 Å². The molecular weight excluding hydrogens is 420 g/mol. The van der Waals surface area contributed by atoms with Crippen LogP contribution in [0.4, 0.5) is 0 Å². The maximum Gasteiger partial charge on any atom is 0.358 e. The van der Waals surface area contributed by atoms with Gasteiger partial charge < -0.3 is 9.72 Å². The summed E-state index contributed by atoms with van der Waals surface area (Å²) in [5.74, 6) is -0.883. The van der Waals surface area contributed by atoms with Crippen molar-refractivity contribution in [3.8, 4) is 21.8 Å². The number of hydrogen-bond acceptors (Lipinski definition) is 5. The van der Waals surface area contributed by atoms with Crippen molar-refractivity contribution in [3.63, 3.8) is 0 Å². The lowest BCUT2D eigenvalue weighted by atomic mass is 10.0. The van der Waals surface area contributed by atoms with E-state index in [1.807, 2.05) is 84.9 Å². The van der Waals surface area contributed by atoms with Crippen LogP contribution in [-0.4, -0.2) is 28.3 Å². The molecular formula is C26H18N2O3S. The number of benzene rings is 3. The average molecular weight is 439 g/mol. The third-order valence-electron chi connectivity index (χ3n) is 5.12. The number of Topliss-reactive ketones (excluding diaryl/α,β-unsaturated/α-hetero) is 1. The van der Waals surface area contributed by atoms with Crippen molar-refractivity contribution in [2.45, 2.75) is 0 Å². The van der Waals surface area contributed by atoms with Gasteiger partial charge in [0.15, 0.2) is 12.3 Å². The van der Waals surface area contributed by atoms with Crippen LogP contribution in [0.15, 0.2) is 90.3 Å². The Labute approximate surface area is 188 Å². The highest BCUT2D eigenvalue weighted by Gasteiger charge is 2.22. The number of para-hydroxylation sites is 1. The fourth-order valence-corrected chi connectivity index (χ4v) is 4.41. The van der Waals surface area contributed by atoms with Gasteiger partial charge in [0.1, 0.15) is 5.01 Å². The van der Waals surface area contributed by atoms with Crippen LogP contribution in [0.2, 0.25) is 0 Å². The molecule has 32 heavy (non-hydrogen) atoms. The van der Waals surface area contributed by atoms with E-state index in [2.05, 4.69) is 9.97 Å². The van der Waals surface area contributed by atoms with E-state index in [4.69, 9.17) is 4.74 Å². The van der Waals surface area contributed by atoms with E-state index < -0.39 is 5.97 Å². The summed E-state index contributed by atoms with van der Waals surface area (Å²) < 4.78 is 5.34. The number of H-pyrrole nitrogens is 1. The van der Waals surface area contributed by atoms with Gasteiger partial charge in [0.05, 0.1) is 11.3 Å². The van der Waals surface area contributed by atoms with Crippen LogP contribution < -0.4 is 0 Å². The first kappa shape index (κ1) is 19.9. The molecule has 0 aliphatic heterocycles. The van der Waals surface area contributed by atoms with Crippen LogP contribution >= 0.6 is 11.3 Å². The molecule has 0 saturated heterocycles. The highest BCUT2D eigenvalue weighted by atomic mass is 32.1. The second-order valence-corrected chi connectivity index (χ2v) is 8.05. The molecule has 1 N–H and O–H groups in total. The van der Waals surface area contributed by atoms with Crippen LogP contribution in [0.3, 0.4) is 0 Å². The molecule has 5 aromatic rings. The predicted octanol–water partition coefficient (Wildman–Crippen LogP) is 6.00. The Bertz CT molecular complexity index is 1410. The number of hydrogen-bond donors (Lipinski definition) is 1. The predicted molar refractivity (Wildman–Crippen MR) is 126 cm³/mol. The topological polar surface area (TPSA) is 72.1 Å². The number of ether oxygens (including phenoxy) is 1. The molecule has 0 fully saturated rings. The van der Waals surface area contributed by atoms with Gasteiger partial charge in [-0.15, -0.1) is 11.3 Å². The van der Waals surface area contributed by atoms with E-state index in [-0.39, 0.29) is 18.1 Å². The summed E-state index contributed by atoms with van der Waals surface area (Å²) in [7, 11) is 0. The second-order valence-electron chi connectivity index (χ2n) is 7.19. The molecule has 0 amide bonds. The zero-order chi connectivity index (χ0) is 21.9. The molecule has 0 bridgehead atoms. The molecule has 156 valence electrons. The van der Waals surface area contributed by atoms with Crippen LogP contribution in [0, 0.1) is 0 Å². The third kappa shape index (κ3) is 3.84. The largest absolute Gasteiger partial charge is 0.453 e. The normalized spacial score (nSPS) is 10.9. The summed E-state index contributed by atoms with van der Waals surface area (Å²) in [6, 6.07) is 26.9. The molecule has 3 aromatic carbocycles. The van der Waals surface area contributed by atoms with E-state index in [1.165, 1.54) is 11.3 Å².